The van der Waals surface area contributed by atoms with Crippen molar-refractivity contribution in [3.8, 4) is 11.5 Å². The third kappa shape index (κ3) is 4.00. The summed E-state index contributed by atoms with van der Waals surface area (Å²) in [5.74, 6) is 1.18. The molecule has 1 amide bonds. The van der Waals surface area contributed by atoms with Crippen molar-refractivity contribution in [1.82, 2.24) is 0 Å². The van der Waals surface area contributed by atoms with Crippen LogP contribution in [0.1, 0.15) is 54.6 Å². The van der Waals surface area contributed by atoms with Gasteiger partial charge in [-0.25, -0.2) is 0 Å². The molecule has 0 N–H and O–H groups in total. The van der Waals surface area contributed by atoms with E-state index < -0.39 is 6.10 Å². The third-order valence-electron chi connectivity index (χ3n) is 5.64. The molecular weight excluding hydrogens is 366 g/mol. The quantitative estimate of drug-likeness (QED) is 0.685. The zero-order chi connectivity index (χ0) is 20.4. The minimum absolute atomic E-state index is 0.0398. The van der Waals surface area contributed by atoms with Crippen molar-refractivity contribution < 1.29 is 19.1 Å². The van der Waals surface area contributed by atoms with Crippen LogP contribution < -0.4 is 14.4 Å². The van der Waals surface area contributed by atoms with Gasteiger partial charge in [-0.2, -0.15) is 0 Å². The molecule has 1 atom stereocenters. The average molecular weight is 393 g/mol. The Morgan fingerprint density at radius 2 is 1.93 bits per heavy atom. The summed E-state index contributed by atoms with van der Waals surface area (Å²) in [6.07, 6.45) is 4.85. The Morgan fingerprint density at radius 3 is 2.72 bits per heavy atom. The van der Waals surface area contributed by atoms with Crippen molar-refractivity contribution in [1.29, 1.82) is 0 Å². The van der Waals surface area contributed by atoms with Gasteiger partial charge in [-0.1, -0.05) is 13.0 Å². The molecule has 0 aromatic heterocycles. The maximum atomic E-state index is 13.0. The number of Topliss-reactive ketones (excluding diaryl/α,β-unsaturated/α-hetero) is 1. The van der Waals surface area contributed by atoms with Gasteiger partial charge in [-0.15, -0.1) is 0 Å². The molecule has 1 unspecified atom stereocenters. The molecule has 0 saturated carbocycles. The number of anilines is 1. The van der Waals surface area contributed by atoms with Gasteiger partial charge in [0, 0.05) is 12.1 Å². The Labute approximate surface area is 171 Å². The van der Waals surface area contributed by atoms with E-state index in [4.69, 9.17) is 9.47 Å². The number of ether oxygens (including phenoxy) is 2. The number of rotatable bonds is 6. The lowest BCUT2D eigenvalue weighted by Crippen LogP contribution is -2.39. The number of benzene rings is 2. The molecule has 2 aromatic rings. The second kappa shape index (κ2) is 8.27. The first-order valence-electron chi connectivity index (χ1n) is 10.5. The first kappa shape index (κ1) is 19.5. The van der Waals surface area contributed by atoms with Gasteiger partial charge >= 0.3 is 0 Å². The largest absolute Gasteiger partial charge is 0.483 e. The van der Waals surface area contributed by atoms with Gasteiger partial charge in [0.05, 0.1) is 5.69 Å². The molecule has 5 nitrogen and oxygen atoms in total. The summed E-state index contributed by atoms with van der Waals surface area (Å²) in [7, 11) is 0. The van der Waals surface area contributed by atoms with Gasteiger partial charge < -0.3 is 14.4 Å². The number of amides is 1. The van der Waals surface area contributed by atoms with E-state index in [0.29, 0.717) is 23.5 Å². The molecule has 0 bridgehead atoms. The van der Waals surface area contributed by atoms with E-state index in [1.54, 1.807) is 30.0 Å². The zero-order valence-corrected chi connectivity index (χ0v) is 17.1. The van der Waals surface area contributed by atoms with E-state index >= 15 is 0 Å². The summed E-state index contributed by atoms with van der Waals surface area (Å²) in [5, 5.41) is 0. The SMILES string of the molecule is CCCN1C(=O)COc2ccc(C(=O)C(C)Oc3ccc4c(c3)CCCC4)cc21. The van der Waals surface area contributed by atoms with Crippen molar-refractivity contribution in [2.75, 3.05) is 18.1 Å². The topological polar surface area (TPSA) is 55.8 Å². The van der Waals surface area contributed by atoms with E-state index in [1.807, 2.05) is 13.0 Å². The van der Waals surface area contributed by atoms with Crippen LogP contribution in [0.5, 0.6) is 11.5 Å². The number of carbonyl (C=O) groups excluding carboxylic acids is 2. The fraction of sp³-hybridized carbons (Fsp3) is 0.417. The van der Waals surface area contributed by atoms with Crippen LogP contribution in [0.3, 0.4) is 0 Å². The highest BCUT2D eigenvalue weighted by Gasteiger charge is 2.27. The fourth-order valence-corrected chi connectivity index (χ4v) is 4.10. The van der Waals surface area contributed by atoms with Crippen molar-refractivity contribution >= 4 is 17.4 Å². The summed E-state index contributed by atoms with van der Waals surface area (Å²) in [5.41, 5.74) is 3.90. The lowest BCUT2D eigenvalue weighted by atomic mass is 9.92. The van der Waals surface area contributed by atoms with Crippen molar-refractivity contribution in [2.45, 2.75) is 52.1 Å². The van der Waals surface area contributed by atoms with E-state index in [-0.39, 0.29) is 18.3 Å². The zero-order valence-electron chi connectivity index (χ0n) is 17.1. The summed E-state index contributed by atoms with van der Waals surface area (Å²) in [6.45, 7) is 4.44. The third-order valence-corrected chi connectivity index (χ3v) is 5.64. The van der Waals surface area contributed by atoms with E-state index in [0.717, 1.165) is 25.0 Å². The van der Waals surface area contributed by atoms with E-state index in [2.05, 4.69) is 12.1 Å². The molecule has 0 radical (unpaired) electrons. The molecule has 1 heterocycles. The minimum atomic E-state index is -0.616. The smallest absolute Gasteiger partial charge is 0.265 e. The van der Waals surface area contributed by atoms with Crippen LogP contribution in [0.15, 0.2) is 36.4 Å². The summed E-state index contributed by atoms with van der Waals surface area (Å²) in [4.78, 5) is 26.9. The van der Waals surface area contributed by atoms with E-state index in [9.17, 15) is 9.59 Å². The Morgan fingerprint density at radius 1 is 1.14 bits per heavy atom. The predicted molar refractivity (Wildman–Crippen MR) is 112 cm³/mol. The Hall–Kier alpha value is -2.82. The van der Waals surface area contributed by atoms with Crippen LogP contribution in [0.2, 0.25) is 0 Å². The van der Waals surface area contributed by atoms with E-state index in [1.165, 1.54) is 24.0 Å². The number of hydrogen-bond donors (Lipinski definition) is 0. The van der Waals surface area contributed by atoms with Gasteiger partial charge in [-0.05, 0) is 80.5 Å². The molecule has 4 rings (SSSR count). The van der Waals surface area contributed by atoms with Crippen LogP contribution in [-0.2, 0) is 17.6 Å². The maximum absolute atomic E-state index is 13.0. The normalized spacial score (nSPS) is 16.5. The molecule has 0 spiro atoms. The van der Waals surface area contributed by atoms with Gasteiger partial charge in [0.2, 0.25) is 5.78 Å². The standard InChI is InChI=1S/C24H27NO4/c1-3-12-25-21-14-19(9-11-22(21)28-15-23(25)26)24(27)16(2)29-20-10-8-17-6-4-5-7-18(17)13-20/h8-11,13-14,16H,3-7,12,15H2,1-2H3. The molecule has 152 valence electrons. The minimum Gasteiger partial charge on any atom is -0.483 e. The van der Waals surface area contributed by atoms with Crippen LogP contribution in [0, 0.1) is 0 Å². The number of ketones is 1. The number of aryl methyl sites for hydroxylation is 2. The molecule has 0 fully saturated rings. The highest BCUT2D eigenvalue weighted by atomic mass is 16.5. The second-order valence-electron chi connectivity index (χ2n) is 7.78. The highest BCUT2D eigenvalue weighted by Crippen LogP contribution is 2.34. The molecule has 2 aliphatic rings. The molecule has 1 aliphatic heterocycles. The number of fused-ring (bicyclic) bond motifs is 2. The molecule has 2 aromatic carbocycles. The Kier molecular flexibility index (Phi) is 5.56. The molecule has 5 heteroatoms. The first-order chi connectivity index (χ1) is 14.1. The highest BCUT2D eigenvalue weighted by molar-refractivity contribution is 6.03. The van der Waals surface area contributed by atoms with Gasteiger partial charge in [0.25, 0.3) is 5.91 Å². The van der Waals surface area contributed by atoms with Crippen LogP contribution >= 0.6 is 0 Å². The van der Waals surface area contributed by atoms with Crippen LogP contribution in [0.4, 0.5) is 5.69 Å². The first-order valence-corrected chi connectivity index (χ1v) is 10.5. The lowest BCUT2D eigenvalue weighted by molar-refractivity contribution is -0.121. The van der Waals surface area contributed by atoms with Crippen molar-refractivity contribution in [3.63, 3.8) is 0 Å². The van der Waals surface area contributed by atoms with Crippen molar-refractivity contribution in [2.24, 2.45) is 0 Å². The fourth-order valence-electron chi connectivity index (χ4n) is 4.10. The van der Waals surface area contributed by atoms with Crippen LogP contribution in [-0.4, -0.2) is 30.9 Å². The monoisotopic (exact) mass is 393 g/mol. The predicted octanol–water partition coefficient (Wildman–Crippen LogP) is 4.35. The Bertz CT molecular complexity index is 936. The molecular formula is C24H27NO4. The molecule has 29 heavy (non-hydrogen) atoms. The molecule has 0 saturated heterocycles. The average Bonchev–Trinajstić information content (AvgIpc) is 2.75. The van der Waals surface area contributed by atoms with Gasteiger partial charge in [0.1, 0.15) is 11.5 Å². The van der Waals surface area contributed by atoms with Crippen LogP contribution in [0.25, 0.3) is 0 Å². The Balaban J connectivity index is 1.53. The van der Waals surface area contributed by atoms with Gasteiger partial charge in [0.15, 0.2) is 12.7 Å². The number of nitrogens with zero attached hydrogens (tertiary/aromatic N) is 1. The second-order valence-corrected chi connectivity index (χ2v) is 7.78. The van der Waals surface area contributed by atoms with Gasteiger partial charge in [-0.3, -0.25) is 9.59 Å². The molecule has 1 aliphatic carbocycles. The lowest BCUT2D eigenvalue weighted by Gasteiger charge is -2.29. The summed E-state index contributed by atoms with van der Waals surface area (Å²) in [6, 6.07) is 11.4. The summed E-state index contributed by atoms with van der Waals surface area (Å²) >= 11 is 0. The maximum Gasteiger partial charge on any atom is 0.265 e. The van der Waals surface area contributed by atoms with Crippen molar-refractivity contribution in [3.05, 3.63) is 53.1 Å². The summed E-state index contributed by atoms with van der Waals surface area (Å²) < 4.78 is 11.5. The number of carbonyl (C=O) groups is 2. The number of hydrogen-bond acceptors (Lipinski definition) is 4.